The summed E-state index contributed by atoms with van der Waals surface area (Å²) >= 11 is 3.34. The second-order valence-corrected chi connectivity index (χ2v) is 5.71. The number of hydrogen-bond acceptors (Lipinski definition) is 2. The second kappa shape index (κ2) is 5.08. The number of carboxylic acids is 1. The van der Waals surface area contributed by atoms with Gasteiger partial charge in [-0.05, 0) is 43.4 Å². The molecule has 2 atom stereocenters. The molecule has 1 aromatic rings. The van der Waals surface area contributed by atoms with Crippen LogP contribution in [0.3, 0.4) is 0 Å². The maximum atomic E-state index is 10.9. The van der Waals surface area contributed by atoms with Crippen LogP contribution in [-0.4, -0.2) is 17.1 Å². The van der Waals surface area contributed by atoms with Crippen molar-refractivity contribution in [3.63, 3.8) is 0 Å². The first kappa shape index (κ1) is 12.4. The summed E-state index contributed by atoms with van der Waals surface area (Å²) in [6, 6.07) is 5.71. The van der Waals surface area contributed by atoms with Gasteiger partial charge in [-0.2, -0.15) is 0 Å². The van der Waals surface area contributed by atoms with Crippen molar-refractivity contribution in [1.29, 1.82) is 0 Å². The largest absolute Gasteiger partial charge is 0.478 e. The molecular formula is C13H16BrNO2. The van der Waals surface area contributed by atoms with E-state index in [1.807, 2.05) is 6.07 Å². The number of benzene rings is 1. The van der Waals surface area contributed by atoms with E-state index in [2.05, 4.69) is 28.2 Å². The fraction of sp³-hybridized carbons (Fsp3) is 0.462. The molecule has 2 rings (SSSR count). The lowest BCUT2D eigenvalue weighted by atomic mass is 10.1. The first-order valence-corrected chi connectivity index (χ1v) is 6.64. The first-order valence-electron chi connectivity index (χ1n) is 5.85. The molecule has 2 N–H and O–H groups in total. The SMILES string of the molecule is CC1CCC(Nc2cc(Br)cc(C(=O)O)c2)C1. The average Bonchev–Trinajstić information content (AvgIpc) is 2.63. The summed E-state index contributed by atoms with van der Waals surface area (Å²) in [5.41, 5.74) is 1.20. The Hall–Kier alpha value is -1.03. The first-order chi connectivity index (χ1) is 8.04. The van der Waals surface area contributed by atoms with Gasteiger partial charge in [-0.25, -0.2) is 4.79 Å². The van der Waals surface area contributed by atoms with Crippen molar-refractivity contribution in [3.8, 4) is 0 Å². The molecule has 92 valence electrons. The van der Waals surface area contributed by atoms with Crippen LogP contribution in [-0.2, 0) is 0 Å². The maximum absolute atomic E-state index is 10.9. The second-order valence-electron chi connectivity index (χ2n) is 4.79. The molecule has 0 spiro atoms. The van der Waals surface area contributed by atoms with Gasteiger partial charge in [0.2, 0.25) is 0 Å². The average molecular weight is 298 g/mol. The third-order valence-electron chi connectivity index (χ3n) is 3.21. The number of nitrogens with one attached hydrogen (secondary N) is 1. The Bertz CT molecular complexity index is 433. The molecule has 1 aromatic carbocycles. The standard InChI is InChI=1S/C13H16BrNO2/c1-8-2-3-11(4-8)15-12-6-9(13(16)17)5-10(14)7-12/h5-8,11,15H,2-4H2,1H3,(H,16,17). The number of rotatable bonds is 3. The summed E-state index contributed by atoms with van der Waals surface area (Å²) in [6.45, 7) is 2.26. The van der Waals surface area contributed by atoms with Gasteiger partial charge < -0.3 is 10.4 Å². The summed E-state index contributed by atoms with van der Waals surface area (Å²) in [6.07, 6.45) is 3.57. The van der Waals surface area contributed by atoms with E-state index in [0.717, 1.165) is 28.9 Å². The van der Waals surface area contributed by atoms with E-state index >= 15 is 0 Å². The Balaban J connectivity index is 2.12. The highest BCUT2D eigenvalue weighted by atomic mass is 79.9. The zero-order valence-electron chi connectivity index (χ0n) is 9.74. The molecule has 0 aliphatic heterocycles. The normalized spacial score (nSPS) is 23.6. The monoisotopic (exact) mass is 297 g/mol. The van der Waals surface area contributed by atoms with E-state index in [-0.39, 0.29) is 0 Å². The predicted octanol–water partition coefficient (Wildman–Crippen LogP) is 3.75. The quantitative estimate of drug-likeness (QED) is 0.893. The Kier molecular flexibility index (Phi) is 3.72. The third kappa shape index (κ3) is 3.22. The van der Waals surface area contributed by atoms with Crippen molar-refractivity contribution in [2.24, 2.45) is 5.92 Å². The molecule has 1 aliphatic rings. The van der Waals surface area contributed by atoms with Gasteiger partial charge in [0.15, 0.2) is 0 Å². The number of carboxylic acid groups (broad SMARTS) is 1. The van der Waals surface area contributed by atoms with Gasteiger partial charge in [-0.3, -0.25) is 0 Å². The molecule has 1 fully saturated rings. The summed E-state index contributed by atoms with van der Waals surface area (Å²) in [7, 11) is 0. The molecule has 0 bridgehead atoms. The smallest absolute Gasteiger partial charge is 0.335 e. The van der Waals surface area contributed by atoms with Crippen LogP contribution in [0, 0.1) is 5.92 Å². The molecule has 0 saturated heterocycles. The Labute approximate surface area is 109 Å². The number of hydrogen-bond donors (Lipinski definition) is 2. The van der Waals surface area contributed by atoms with Crippen molar-refractivity contribution in [2.45, 2.75) is 32.2 Å². The minimum Gasteiger partial charge on any atom is -0.478 e. The van der Waals surface area contributed by atoms with Gasteiger partial charge in [0.25, 0.3) is 0 Å². The van der Waals surface area contributed by atoms with Crippen LogP contribution in [0.25, 0.3) is 0 Å². The highest BCUT2D eigenvalue weighted by Gasteiger charge is 2.21. The van der Waals surface area contributed by atoms with Crippen molar-refractivity contribution in [1.82, 2.24) is 0 Å². The minimum atomic E-state index is -0.894. The molecule has 3 nitrogen and oxygen atoms in total. The van der Waals surface area contributed by atoms with Gasteiger partial charge in [0.1, 0.15) is 0 Å². The van der Waals surface area contributed by atoms with Gasteiger partial charge in [0, 0.05) is 16.2 Å². The summed E-state index contributed by atoms with van der Waals surface area (Å²) in [4.78, 5) is 10.9. The lowest BCUT2D eigenvalue weighted by Crippen LogP contribution is -2.15. The zero-order valence-corrected chi connectivity index (χ0v) is 11.3. The lowest BCUT2D eigenvalue weighted by Gasteiger charge is -2.14. The molecular weight excluding hydrogens is 282 g/mol. The Morgan fingerprint density at radius 2 is 2.18 bits per heavy atom. The van der Waals surface area contributed by atoms with E-state index in [4.69, 9.17) is 5.11 Å². The molecule has 0 radical (unpaired) electrons. The van der Waals surface area contributed by atoms with E-state index in [1.54, 1.807) is 12.1 Å². The topological polar surface area (TPSA) is 49.3 Å². The van der Waals surface area contributed by atoms with Crippen molar-refractivity contribution >= 4 is 27.6 Å². The van der Waals surface area contributed by atoms with Crippen LogP contribution in [0.1, 0.15) is 36.5 Å². The number of anilines is 1. The van der Waals surface area contributed by atoms with Gasteiger partial charge in [-0.1, -0.05) is 22.9 Å². The van der Waals surface area contributed by atoms with E-state index in [1.165, 1.54) is 6.42 Å². The number of carbonyl (C=O) groups is 1. The number of aromatic carboxylic acids is 1. The molecule has 0 aromatic heterocycles. The van der Waals surface area contributed by atoms with Crippen molar-refractivity contribution in [2.75, 3.05) is 5.32 Å². The number of halogens is 1. The fourth-order valence-corrected chi connectivity index (χ4v) is 2.86. The zero-order chi connectivity index (χ0) is 12.4. The molecule has 17 heavy (non-hydrogen) atoms. The highest BCUT2D eigenvalue weighted by molar-refractivity contribution is 9.10. The summed E-state index contributed by atoms with van der Waals surface area (Å²) in [5, 5.41) is 12.4. The van der Waals surface area contributed by atoms with Crippen LogP contribution in [0.2, 0.25) is 0 Å². The van der Waals surface area contributed by atoms with E-state index in [0.29, 0.717) is 11.6 Å². The van der Waals surface area contributed by atoms with Crippen LogP contribution in [0.15, 0.2) is 22.7 Å². The predicted molar refractivity (Wildman–Crippen MR) is 71.5 cm³/mol. The van der Waals surface area contributed by atoms with Gasteiger partial charge in [-0.15, -0.1) is 0 Å². The Morgan fingerprint density at radius 3 is 2.76 bits per heavy atom. The molecule has 1 saturated carbocycles. The van der Waals surface area contributed by atoms with Crippen LogP contribution >= 0.6 is 15.9 Å². The van der Waals surface area contributed by atoms with Gasteiger partial charge >= 0.3 is 5.97 Å². The molecule has 4 heteroatoms. The summed E-state index contributed by atoms with van der Waals surface area (Å²) in [5.74, 6) is -0.132. The van der Waals surface area contributed by atoms with Crippen molar-refractivity contribution < 1.29 is 9.90 Å². The van der Waals surface area contributed by atoms with E-state index in [9.17, 15) is 4.79 Å². The third-order valence-corrected chi connectivity index (χ3v) is 3.67. The van der Waals surface area contributed by atoms with Crippen LogP contribution in [0.4, 0.5) is 5.69 Å². The van der Waals surface area contributed by atoms with Crippen LogP contribution in [0.5, 0.6) is 0 Å². The van der Waals surface area contributed by atoms with Gasteiger partial charge in [0.05, 0.1) is 5.56 Å². The molecule has 0 amide bonds. The minimum absolute atomic E-state index is 0.313. The van der Waals surface area contributed by atoms with Crippen LogP contribution < -0.4 is 5.32 Å². The molecule has 0 heterocycles. The van der Waals surface area contributed by atoms with E-state index < -0.39 is 5.97 Å². The Morgan fingerprint density at radius 1 is 1.41 bits per heavy atom. The lowest BCUT2D eigenvalue weighted by molar-refractivity contribution is 0.0697. The highest BCUT2D eigenvalue weighted by Crippen LogP contribution is 2.28. The summed E-state index contributed by atoms with van der Waals surface area (Å²) < 4.78 is 0.797. The fourth-order valence-electron chi connectivity index (χ4n) is 2.37. The molecule has 1 aliphatic carbocycles. The maximum Gasteiger partial charge on any atom is 0.335 e. The molecule has 2 unspecified atom stereocenters. The van der Waals surface area contributed by atoms with Crippen molar-refractivity contribution in [3.05, 3.63) is 28.2 Å².